The second-order valence-electron chi connectivity index (χ2n) is 4.63. The highest BCUT2D eigenvalue weighted by molar-refractivity contribution is 7.89. The third kappa shape index (κ3) is 4.07. The molecule has 0 radical (unpaired) electrons. The molecular weight excluding hydrogens is 324 g/mol. The van der Waals surface area contributed by atoms with Crippen LogP contribution in [0.15, 0.2) is 59.5 Å². The molecule has 0 unspecified atom stereocenters. The highest BCUT2D eigenvalue weighted by Crippen LogP contribution is 2.18. The number of para-hydroxylation sites is 1. The summed E-state index contributed by atoms with van der Waals surface area (Å²) in [4.78, 5) is 12.0. The first kappa shape index (κ1) is 16.5. The molecular formula is C15H15ClN2O3S. The van der Waals surface area contributed by atoms with E-state index in [0.29, 0.717) is 10.7 Å². The van der Waals surface area contributed by atoms with Gasteiger partial charge in [-0.2, -0.15) is 4.31 Å². The molecule has 2 aromatic carbocycles. The second kappa shape index (κ2) is 6.91. The number of hydrogen-bond donors (Lipinski definition) is 1. The predicted octanol–water partition coefficient (Wildman–Crippen LogP) is 2.60. The molecule has 0 spiro atoms. The Balaban J connectivity index is 2.08. The molecule has 2 rings (SSSR count). The van der Waals surface area contributed by atoms with Gasteiger partial charge in [-0.05, 0) is 30.3 Å². The van der Waals surface area contributed by atoms with Crippen molar-refractivity contribution in [1.29, 1.82) is 0 Å². The Bertz CT molecular complexity index is 763. The van der Waals surface area contributed by atoms with Crippen molar-refractivity contribution in [2.75, 3.05) is 18.9 Å². The Labute approximate surface area is 134 Å². The average molecular weight is 339 g/mol. The van der Waals surface area contributed by atoms with Crippen molar-refractivity contribution in [3.8, 4) is 0 Å². The number of anilines is 1. The fourth-order valence-corrected chi connectivity index (χ4v) is 3.25. The zero-order valence-corrected chi connectivity index (χ0v) is 13.4. The van der Waals surface area contributed by atoms with E-state index in [-0.39, 0.29) is 11.4 Å². The van der Waals surface area contributed by atoms with Crippen LogP contribution >= 0.6 is 11.6 Å². The largest absolute Gasteiger partial charge is 0.325 e. The molecule has 2 aromatic rings. The molecule has 0 aliphatic heterocycles. The number of amides is 1. The van der Waals surface area contributed by atoms with Crippen molar-refractivity contribution in [2.45, 2.75) is 4.90 Å². The Morgan fingerprint density at radius 3 is 2.45 bits per heavy atom. The number of halogens is 1. The number of nitrogens with one attached hydrogen (secondary N) is 1. The summed E-state index contributed by atoms with van der Waals surface area (Å²) in [5.74, 6) is -0.417. The van der Waals surface area contributed by atoms with Crippen LogP contribution in [0.2, 0.25) is 5.02 Å². The van der Waals surface area contributed by atoms with Crippen molar-refractivity contribution in [1.82, 2.24) is 4.31 Å². The topological polar surface area (TPSA) is 66.5 Å². The lowest BCUT2D eigenvalue weighted by molar-refractivity contribution is -0.116. The van der Waals surface area contributed by atoms with Crippen molar-refractivity contribution in [2.24, 2.45) is 0 Å². The van der Waals surface area contributed by atoms with Crippen LogP contribution in [0.25, 0.3) is 0 Å². The second-order valence-corrected chi connectivity index (χ2v) is 7.11. The number of rotatable bonds is 5. The molecule has 7 heteroatoms. The fraction of sp³-hybridized carbons (Fsp3) is 0.133. The molecule has 1 amide bonds. The highest BCUT2D eigenvalue weighted by Gasteiger charge is 2.23. The molecule has 1 N–H and O–H groups in total. The smallest absolute Gasteiger partial charge is 0.243 e. The molecule has 0 heterocycles. The number of sulfonamides is 1. The molecule has 0 atom stereocenters. The van der Waals surface area contributed by atoms with E-state index in [1.54, 1.807) is 36.4 Å². The van der Waals surface area contributed by atoms with Gasteiger partial charge in [-0.15, -0.1) is 0 Å². The van der Waals surface area contributed by atoms with E-state index in [9.17, 15) is 13.2 Å². The van der Waals surface area contributed by atoms with Gasteiger partial charge in [-0.25, -0.2) is 8.42 Å². The van der Waals surface area contributed by atoms with E-state index in [4.69, 9.17) is 11.6 Å². The average Bonchev–Trinajstić information content (AvgIpc) is 2.48. The van der Waals surface area contributed by atoms with Gasteiger partial charge in [-0.1, -0.05) is 35.9 Å². The van der Waals surface area contributed by atoms with Crippen LogP contribution in [0.1, 0.15) is 0 Å². The Kier molecular flexibility index (Phi) is 5.18. The quantitative estimate of drug-likeness (QED) is 0.911. The summed E-state index contributed by atoms with van der Waals surface area (Å²) in [7, 11) is -2.41. The molecule has 0 aliphatic rings. The van der Waals surface area contributed by atoms with Gasteiger partial charge in [-0.3, -0.25) is 4.79 Å². The molecule has 0 saturated heterocycles. The van der Waals surface area contributed by atoms with Gasteiger partial charge < -0.3 is 5.32 Å². The van der Waals surface area contributed by atoms with E-state index in [1.807, 2.05) is 6.07 Å². The van der Waals surface area contributed by atoms with Crippen LogP contribution in [-0.2, 0) is 14.8 Å². The van der Waals surface area contributed by atoms with Crippen molar-refractivity contribution in [3.05, 3.63) is 59.6 Å². The zero-order valence-electron chi connectivity index (χ0n) is 11.9. The van der Waals surface area contributed by atoms with Crippen LogP contribution in [-0.4, -0.2) is 32.2 Å². The lowest BCUT2D eigenvalue weighted by Gasteiger charge is -2.17. The number of nitrogens with zero attached hydrogens (tertiary/aromatic N) is 1. The summed E-state index contributed by atoms with van der Waals surface area (Å²) in [5.41, 5.74) is 0.612. The summed E-state index contributed by atoms with van der Waals surface area (Å²) in [6.45, 7) is -0.288. The molecule has 116 valence electrons. The van der Waals surface area contributed by atoms with Gasteiger partial charge in [0, 0.05) is 17.8 Å². The van der Waals surface area contributed by atoms with Gasteiger partial charge >= 0.3 is 0 Å². The number of benzene rings is 2. The summed E-state index contributed by atoms with van der Waals surface area (Å²) in [6, 6.07) is 14.8. The van der Waals surface area contributed by atoms with E-state index >= 15 is 0 Å². The van der Waals surface area contributed by atoms with Crippen LogP contribution in [0, 0.1) is 0 Å². The van der Waals surface area contributed by atoms with Crippen LogP contribution in [0.3, 0.4) is 0 Å². The van der Waals surface area contributed by atoms with E-state index in [0.717, 1.165) is 4.31 Å². The molecule has 22 heavy (non-hydrogen) atoms. The third-order valence-corrected chi connectivity index (χ3v) is 4.96. The highest BCUT2D eigenvalue weighted by atomic mass is 35.5. The minimum Gasteiger partial charge on any atom is -0.325 e. The van der Waals surface area contributed by atoms with Gasteiger partial charge in [0.25, 0.3) is 0 Å². The normalized spacial score (nSPS) is 11.4. The molecule has 0 fully saturated rings. The van der Waals surface area contributed by atoms with Crippen LogP contribution in [0.5, 0.6) is 0 Å². The SMILES string of the molecule is CN(CC(=O)Nc1ccccc1)S(=O)(=O)c1cccc(Cl)c1. The summed E-state index contributed by atoms with van der Waals surface area (Å²) in [6.07, 6.45) is 0. The third-order valence-electron chi connectivity index (χ3n) is 2.93. The van der Waals surface area contributed by atoms with Gasteiger partial charge in [0.2, 0.25) is 15.9 Å². The maximum atomic E-state index is 12.4. The van der Waals surface area contributed by atoms with E-state index in [2.05, 4.69) is 5.32 Å². The monoisotopic (exact) mass is 338 g/mol. The summed E-state index contributed by atoms with van der Waals surface area (Å²) in [5, 5.41) is 2.96. The number of carbonyl (C=O) groups is 1. The first-order valence-corrected chi connectivity index (χ1v) is 8.28. The molecule has 5 nitrogen and oxygen atoms in total. The van der Waals surface area contributed by atoms with Gasteiger partial charge in [0.1, 0.15) is 0 Å². The summed E-state index contributed by atoms with van der Waals surface area (Å²) >= 11 is 5.81. The molecule has 0 aliphatic carbocycles. The van der Waals surface area contributed by atoms with E-state index in [1.165, 1.54) is 19.2 Å². The van der Waals surface area contributed by atoms with Crippen molar-refractivity contribution >= 4 is 33.2 Å². The Morgan fingerprint density at radius 2 is 1.82 bits per heavy atom. The molecule has 0 aromatic heterocycles. The van der Waals surface area contributed by atoms with Gasteiger partial charge in [0.15, 0.2) is 0 Å². The first-order chi connectivity index (χ1) is 10.4. The molecule has 0 bridgehead atoms. The van der Waals surface area contributed by atoms with Gasteiger partial charge in [0.05, 0.1) is 11.4 Å². The minimum absolute atomic E-state index is 0.0509. The van der Waals surface area contributed by atoms with Crippen LogP contribution < -0.4 is 5.32 Å². The first-order valence-electron chi connectivity index (χ1n) is 6.46. The fourth-order valence-electron chi connectivity index (χ4n) is 1.82. The zero-order chi connectivity index (χ0) is 16.2. The minimum atomic E-state index is -3.76. The maximum absolute atomic E-state index is 12.4. The van der Waals surface area contributed by atoms with Crippen molar-refractivity contribution in [3.63, 3.8) is 0 Å². The van der Waals surface area contributed by atoms with Crippen LogP contribution in [0.4, 0.5) is 5.69 Å². The lowest BCUT2D eigenvalue weighted by Crippen LogP contribution is -2.34. The Hall–Kier alpha value is -1.89. The van der Waals surface area contributed by atoms with Crippen molar-refractivity contribution < 1.29 is 13.2 Å². The predicted molar refractivity (Wildman–Crippen MR) is 86.3 cm³/mol. The van der Waals surface area contributed by atoms with E-state index < -0.39 is 15.9 Å². The summed E-state index contributed by atoms with van der Waals surface area (Å²) < 4.78 is 25.7. The standard InChI is InChI=1S/C15H15ClN2O3S/c1-18(11-15(19)17-13-7-3-2-4-8-13)22(20,21)14-9-5-6-12(16)10-14/h2-10H,11H2,1H3,(H,17,19). The number of likely N-dealkylation sites (N-methyl/N-ethyl adjacent to an activating group) is 1. The lowest BCUT2D eigenvalue weighted by atomic mass is 10.3. The maximum Gasteiger partial charge on any atom is 0.243 e. The number of carbonyl (C=O) groups excluding carboxylic acids is 1. The molecule has 0 saturated carbocycles. The Morgan fingerprint density at radius 1 is 1.14 bits per heavy atom. The number of hydrogen-bond acceptors (Lipinski definition) is 3.